The maximum atomic E-state index is 14.0. The van der Waals surface area contributed by atoms with Gasteiger partial charge in [0, 0.05) is 29.4 Å². The third-order valence-corrected chi connectivity index (χ3v) is 3.72. The second kappa shape index (κ2) is 6.24. The van der Waals surface area contributed by atoms with Gasteiger partial charge in [0.1, 0.15) is 17.5 Å². The molecule has 25 heavy (non-hydrogen) atoms. The summed E-state index contributed by atoms with van der Waals surface area (Å²) in [6.07, 6.45) is 3.29. The maximum Gasteiger partial charge on any atom is 0.162 e. The minimum absolute atomic E-state index is 0.0181. The van der Waals surface area contributed by atoms with Crippen molar-refractivity contribution in [2.75, 3.05) is 5.32 Å². The Morgan fingerprint density at radius 2 is 1.64 bits per heavy atom. The highest BCUT2D eigenvalue weighted by Crippen LogP contribution is 2.28. The van der Waals surface area contributed by atoms with Crippen molar-refractivity contribution < 1.29 is 8.78 Å². The van der Waals surface area contributed by atoms with E-state index >= 15 is 0 Å². The first-order valence-electron chi connectivity index (χ1n) is 7.60. The third kappa shape index (κ3) is 3.01. The van der Waals surface area contributed by atoms with Gasteiger partial charge in [-0.15, -0.1) is 0 Å². The molecule has 0 aliphatic rings. The Balaban J connectivity index is 1.88. The van der Waals surface area contributed by atoms with Gasteiger partial charge in [0.05, 0.1) is 11.2 Å². The molecule has 1 N–H and O–H groups in total. The number of benzene rings is 2. The highest BCUT2D eigenvalue weighted by atomic mass is 19.1. The lowest BCUT2D eigenvalue weighted by molar-refractivity contribution is 0.603. The molecular weight excluding hydrogens is 322 g/mol. The molecule has 0 unspecified atom stereocenters. The molecule has 2 heterocycles. The van der Waals surface area contributed by atoms with Gasteiger partial charge in [-0.2, -0.15) is 0 Å². The van der Waals surface area contributed by atoms with Crippen LogP contribution in [0, 0.1) is 11.6 Å². The Hall–Kier alpha value is -3.41. The molecule has 4 aromatic rings. The SMILES string of the molecule is Fc1ccc(F)c(Nc2nc(-c3ccncc3)nc3ccccc23)c1. The number of para-hydroxylation sites is 1. The topological polar surface area (TPSA) is 50.7 Å². The summed E-state index contributed by atoms with van der Waals surface area (Å²) in [4.78, 5) is 13.0. The summed E-state index contributed by atoms with van der Waals surface area (Å²) in [5.41, 5.74) is 1.50. The minimum Gasteiger partial charge on any atom is -0.337 e. The van der Waals surface area contributed by atoms with Gasteiger partial charge >= 0.3 is 0 Å². The van der Waals surface area contributed by atoms with Gasteiger partial charge in [-0.1, -0.05) is 12.1 Å². The molecule has 0 aliphatic heterocycles. The van der Waals surface area contributed by atoms with E-state index in [0.717, 1.165) is 23.8 Å². The zero-order valence-corrected chi connectivity index (χ0v) is 12.9. The lowest BCUT2D eigenvalue weighted by Gasteiger charge is -2.11. The monoisotopic (exact) mass is 334 g/mol. The quantitative estimate of drug-likeness (QED) is 0.589. The van der Waals surface area contributed by atoms with Crippen LogP contribution in [-0.4, -0.2) is 15.0 Å². The third-order valence-electron chi connectivity index (χ3n) is 3.72. The number of anilines is 2. The van der Waals surface area contributed by atoms with Crippen molar-refractivity contribution >= 4 is 22.4 Å². The molecule has 4 rings (SSSR count). The fourth-order valence-electron chi connectivity index (χ4n) is 2.52. The number of nitrogens with one attached hydrogen (secondary N) is 1. The molecule has 0 fully saturated rings. The normalized spacial score (nSPS) is 10.8. The van der Waals surface area contributed by atoms with E-state index < -0.39 is 11.6 Å². The smallest absolute Gasteiger partial charge is 0.162 e. The Morgan fingerprint density at radius 3 is 2.48 bits per heavy atom. The molecule has 0 radical (unpaired) electrons. The summed E-state index contributed by atoms with van der Waals surface area (Å²) in [5, 5.41) is 3.60. The zero-order valence-electron chi connectivity index (χ0n) is 12.9. The predicted octanol–water partition coefficient (Wildman–Crippen LogP) is 4.71. The highest BCUT2D eigenvalue weighted by Gasteiger charge is 2.12. The van der Waals surface area contributed by atoms with Gasteiger partial charge in [0.25, 0.3) is 0 Å². The fourth-order valence-corrected chi connectivity index (χ4v) is 2.52. The van der Waals surface area contributed by atoms with Crippen molar-refractivity contribution in [1.82, 2.24) is 15.0 Å². The molecule has 2 aromatic heterocycles. The lowest BCUT2D eigenvalue weighted by Crippen LogP contribution is -2.01. The first-order chi connectivity index (χ1) is 12.2. The summed E-state index contributed by atoms with van der Waals surface area (Å²) in [5.74, 6) is -0.214. The van der Waals surface area contributed by atoms with E-state index in [2.05, 4.69) is 20.3 Å². The van der Waals surface area contributed by atoms with Crippen LogP contribution in [0.1, 0.15) is 0 Å². The number of halogens is 2. The van der Waals surface area contributed by atoms with E-state index in [1.165, 1.54) is 0 Å². The van der Waals surface area contributed by atoms with Gasteiger partial charge in [-0.3, -0.25) is 4.98 Å². The average Bonchev–Trinajstić information content (AvgIpc) is 2.65. The van der Waals surface area contributed by atoms with Crippen molar-refractivity contribution in [2.24, 2.45) is 0 Å². The van der Waals surface area contributed by atoms with Crippen LogP contribution in [0.2, 0.25) is 0 Å². The molecule has 122 valence electrons. The maximum absolute atomic E-state index is 14.0. The van der Waals surface area contributed by atoms with Crippen LogP contribution < -0.4 is 5.32 Å². The van der Waals surface area contributed by atoms with Crippen molar-refractivity contribution in [1.29, 1.82) is 0 Å². The summed E-state index contributed by atoms with van der Waals surface area (Å²) >= 11 is 0. The average molecular weight is 334 g/mol. The number of hydrogen-bond donors (Lipinski definition) is 1. The molecule has 6 heteroatoms. The molecule has 4 nitrogen and oxygen atoms in total. The van der Waals surface area contributed by atoms with E-state index in [-0.39, 0.29) is 5.69 Å². The number of fused-ring (bicyclic) bond motifs is 1. The Labute approximate surface area is 142 Å². The molecule has 2 aromatic carbocycles. The number of hydrogen-bond acceptors (Lipinski definition) is 4. The lowest BCUT2D eigenvalue weighted by atomic mass is 10.2. The van der Waals surface area contributed by atoms with Crippen molar-refractivity contribution in [3.05, 3.63) is 78.6 Å². The van der Waals surface area contributed by atoms with Crippen LogP contribution in [0.25, 0.3) is 22.3 Å². The van der Waals surface area contributed by atoms with Crippen molar-refractivity contribution in [3.8, 4) is 11.4 Å². The zero-order chi connectivity index (χ0) is 17.2. The number of rotatable bonds is 3. The van der Waals surface area contributed by atoms with E-state index in [1.807, 2.05) is 24.3 Å². The van der Waals surface area contributed by atoms with Gasteiger partial charge in [-0.25, -0.2) is 18.7 Å². The molecule has 0 aliphatic carbocycles. The fraction of sp³-hybridized carbons (Fsp3) is 0. The van der Waals surface area contributed by atoms with Crippen LogP contribution in [0.4, 0.5) is 20.3 Å². The number of pyridine rings is 1. The van der Waals surface area contributed by atoms with Gasteiger partial charge in [-0.05, 0) is 36.4 Å². The van der Waals surface area contributed by atoms with E-state index in [4.69, 9.17) is 0 Å². The molecule has 0 bridgehead atoms. The standard InChI is InChI=1S/C19H12F2N4/c20-13-5-6-15(21)17(11-13)24-19-14-3-1-2-4-16(14)23-18(25-19)12-7-9-22-10-8-12/h1-11H,(H,23,24,25). The Bertz CT molecular complexity index is 1050. The van der Waals surface area contributed by atoms with E-state index in [0.29, 0.717) is 22.5 Å². The molecular formula is C19H12F2N4. The Morgan fingerprint density at radius 1 is 0.840 bits per heavy atom. The van der Waals surface area contributed by atoms with Crippen LogP contribution in [0.3, 0.4) is 0 Å². The number of aromatic nitrogens is 3. The van der Waals surface area contributed by atoms with Crippen molar-refractivity contribution in [2.45, 2.75) is 0 Å². The minimum atomic E-state index is -0.561. The molecule has 0 saturated carbocycles. The van der Waals surface area contributed by atoms with Gasteiger partial charge < -0.3 is 5.32 Å². The van der Waals surface area contributed by atoms with Crippen molar-refractivity contribution in [3.63, 3.8) is 0 Å². The molecule has 0 atom stereocenters. The van der Waals surface area contributed by atoms with Crippen LogP contribution in [-0.2, 0) is 0 Å². The van der Waals surface area contributed by atoms with Crippen LogP contribution in [0.15, 0.2) is 67.0 Å². The molecule has 0 amide bonds. The molecule has 0 saturated heterocycles. The second-order valence-corrected chi connectivity index (χ2v) is 5.40. The van der Waals surface area contributed by atoms with Crippen LogP contribution in [0.5, 0.6) is 0 Å². The number of nitrogens with zero attached hydrogens (tertiary/aromatic N) is 3. The van der Waals surface area contributed by atoms with Crippen LogP contribution >= 0.6 is 0 Å². The summed E-state index contributed by atoms with van der Waals surface area (Å²) < 4.78 is 27.5. The van der Waals surface area contributed by atoms with E-state index in [1.54, 1.807) is 24.5 Å². The predicted molar refractivity (Wildman–Crippen MR) is 92.4 cm³/mol. The summed E-state index contributed by atoms with van der Waals surface area (Å²) in [7, 11) is 0. The Kier molecular flexibility index (Phi) is 3.78. The van der Waals surface area contributed by atoms with Gasteiger partial charge in [0.15, 0.2) is 5.82 Å². The first kappa shape index (κ1) is 15.1. The summed E-state index contributed by atoms with van der Waals surface area (Å²) in [6, 6.07) is 14.2. The first-order valence-corrected chi connectivity index (χ1v) is 7.60. The summed E-state index contributed by atoms with van der Waals surface area (Å²) in [6.45, 7) is 0. The largest absolute Gasteiger partial charge is 0.337 e. The van der Waals surface area contributed by atoms with Gasteiger partial charge in [0.2, 0.25) is 0 Å². The van der Waals surface area contributed by atoms with E-state index in [9.17, 15) is 8.78 Å². The molecule has 0 spiro atoms. The second-order valence-electron chi connectivity index (χ2n) is 5.40. The highest BCUT2D eigenvalue weighted by molar-refractivity contribution is 5.92.